The van der Waals surface area contributed by atoms with Gasteiger partial charge in [0.1, 0.15) is 11.5 Å². The van der Waals surface area contributed by atoms with E-state index in [1.165, 1.54) is 18.2 Å². The summed E-state index contributed by atoms with van der Waals surface area (Å²) in [7, 11) is 0. The number of imidazole rings is 1. The Hall–Kier alpha value is -2.90. The number of nitrogen functional groups attached to an aromatic ring is 1. The van der Waals surface area contributed by atoms with Crippen LogP contribution in [0.1, 0.15) is 35.6 Å². The van der Waals surface area contributed by atoms with Crippen molar-refractivity contribution in [3.63, 3.8) is 0 Å². The molecule has 0 bridgehead atoms. The number of benzene rings is 1. The first-order chi connectivity index (χ1) is 10.0. The molecule has 8 heteroatoms. The molecule has 2 aromatic rings. The minimum atomic E-state index is -0.589. The van der Waals surface area contributed by atoms with Crippen LogP contribution in [0.25, 0.3) is 0 Å². The third kappa shape index (κ3) is 3.16. The van der Waals surface area contributed by atoms with Gasteiger partial charge in [-0.3, -0.25) is 14.9 Å². The summed E-state index contributed by atoms with van der Waals surface area (Å²) in [6.07, 6.45) is 3.93. The van der Waals surface area contributed by atoms with Crippen molar-refractivity contribution in [2.45, 2.75) is 19.4 Å². The second-order valence-corrected chi connectivity index (χ2v) is 4.44. The predicted molar refractivity (Wildman–Crippen MR) is 76.6 cm³/mol. The molecule has 0 fully saturated rings. The van der Waals surface area contributed by atoms with Crippen LogP contribution in [-0.4, -0.2) is 20.8 Å². The van der Waals surface area contributed by atoms with Crippen molar-refractivity contribution in [3.05, 3.63) is 52.1 Å². The van der Waals surface area contributed by atoms with Gasteiger partial charge in [-0.25, -0.2) is 4.98 Å². The third-order valence-corrected chi connectivity index (χ3v) is 3.05. The van der Waals surface area contributed by atoms with E-state index >= 15 is 0 Å². The van der Waals surface area contributed by atoms with E-state index in [4.69, 9.17) is 5.73 Å². The zero-order valence-corrected chi connectivity index (χ0v) is 11.4. The Morgan fingerprint density at radius 2 is 2.33 bits per heavy atom. The number of aromatic nitrogens is 2. The lowest BCUT2D eigenvalue weighted by molar-refractivity contribution is -0.383. The van der Waals surface area contributed by atoms with Gasteiger partial charge in [0.2, 0.25) is 0 Å². The fraction of sp³-hybridized carbons (Fsp3) is 0.231. The molecule has 0 saturated carbocycles. The van der Waals surface area contributed by atoms with E-state index in [0.29, 0.717) is 12.2 Å². The number of H-pyrrole nitrogens is 1. The number of nitrogens with zero attached hydrogens (tertiary/aromatic N) is 2. The molecule has 2 rings (SSSR count). The minimum absolute atomic E-state index is 0.0429. The second kappa shape index (κ2) is 6.04. The number of nitrogens with one attached hydrogen (secondary N) is 2. The maximum atomic E-state index is 12.2. The van der Waals surface area contributed by atoms with E-state index in [-0.39, 0.29) is 28.9 Å². The molecule has 21 heavy (non-hydrogen) atoms. The van der Waals surface area contributed by atoms with Crippen LogP contribution in [0.5, 0.6) is 0 Å². The quantitative estimate of drug-likeness (QED) is 0.439. The summed E-state index contributed by atoms with van der Waals surface area (Å²) in [6.45, 7) is 1.91. The number of nitro groups is 1. The van der Waals surface area contributed by atoms with Crippen LogP contribution in [0.2, 0.25) is 0 Å². The summed E-state index contributed by atoms with van der Waals surface area (Å²) >= 11 is 0. The predicted octanol–water partition coefficient (Wildman–Crippen LogP) is 1.78. The molecule has 110 valence electrons. The number of carbonyl (C=O) groups is 1. The van der Waals surface area contributed by atoms with Gasteiger partial charge in [0.25, 0.3) is 11.6 Å². The molecule has 4 N–H and O–H groups in total. The zero-order valence-electron chi connectivity index (χ0n) is 11.4. The molecule has 1 aromatic carbocycles. The number of nitro benzene ring substituents is 1. The lowest BCUT2D eigenvalue weighted by Gasteiger charge is -2.14. The van der Waals surface area contributed by atoms with Crippen molar-refractivity contribution in [2.24, 2.45) is 0 Å². The highest BCUT2D eigenvalue weighted by Crippen LogP contribution is 2.22. The monoisotopic (exact) mass is 289 g/mol. The fourth-order valence-electron chi connectivity index (χ4n) is 1.94. The van der Waals surface area contributed by atoms with E-state index in [9.17, 15) is 14.9 Å². The molecule has 1 aromatic heterocycles. The fourth-order valence-corrected chi connectivity index (χ4v) is 1.94. The van der Waals surface area contributed by atoms with E-state index < -0.39 is 4.92 Å². The molecule has 0 aliphatic heterocycles. The van der Waals surface area contributed by atoms with E-state index in [0.717, 1.165) is 0 Å². The van der Waals surface area contributed by atoms with Gasteiger partial charge in [0.05, 0.1) is 11.0 Å². The van der Waals surface area contributed by atoms with Crippen LogP contribution in [0.4, 0.5) is 11.4 Å². The van der Waals surface area contributed by atoms with Gasteiger partial charge in [0.15, 0.2) is 0 Å². The first-order valence-corrected chi connectivity index (χ1v) is 6.37. The van der Waals surface area contributed by atoms with Crippen molar-refractivity contribution >= 4 is 17.3 Å². The van der Waals surface area contributed by atoms with Crippen molar-refractivity contribution in [1.82, 2.24) is 15.3 Å². The highest BCUT2D eigenvalue weighted by Gasteiger charge is 2.18. The largest absolute Gasteiger partial charge is 0.393 e. The minimum Gasteiger partial charge on any atom is -0.393 e. The van der Waals surface area contributed by atoms with Crippen LogP contribution in [0.15, 0.2) is 30.6 Å². The summed E-state index contributed by atoms with van der Waals surface area (Å²) in [5.74, 6) is 0.292. The average Bonchev–Trinajstić information content (AvgIpc) is 2.97. The topological polar surface area (TPSA) is 127 Å². The summed E-state index contributed by atoms with van der Waals surface area (Å²) in [4.78, 5) is 29.3. The lowest BCUT2D eigenvalue weighted by Crippen LogP contribution is -2.29. The molecular weight excluding hydrogens is 274 g/mol. The van der Waals surface area contributed by atoms with Gasteiger partial charge in [0, 0.05) is 24.0 Å². The smallest absolute Gasteiger partial charge is 0.292 e. The Balaban J connectivity index is 2.16. The first kappa shape index (κ1) is 14.5. The standard InChI is InChI=1S/C13H15N5O3/c1-2-10(12-15-5-6-16-12)17-13(19)8-3-4-11(18(20)21)9(14)7-8/h3-7,10H,2,14H2,1H3,(H,15,16)(H,17,19). The van der Waals surface area contributed by atoms with Crippen LogP contribution >= 0.6 is 0 Å². The van der Waals surface area contributed by atoms with Crippen LogP contribution in [0, 0.1) is 10.1 Å². The number of rotatable bonds is 5. The van der Waals surface area contributed by atoms with Crippen LogP contribution in [0.3, 0.4) is 0 Å². The lowest BCUT2D eigenvalue weighted by atomic mass is 10.1. The summed E-state index contributed by atoms with van der Waals surface area (Å²) in [5.41, 5.74) is 5.58. The maximum absolute atomic E-state index is 12.2. The van der Waals surface area contributed by atoms with Gasteiger partial charge in [-0.05, 0) is 18.6 Å². The maximum Gasteiger partial charge on any atom is 0.292 e. The normalized spacial score (nSPS) is 11.9. The number of amides is 1. The summed E-state index contributed by atoms with van der Waals surface area (Å²) < 4.78 is 0. The van der Waals surface area contributed by atoms with Crippen molar-refractivity contribution in [2.75, 3.05) is 5.73 Å². The number of carbonyl (C=O) groups excluding carboxylic acids is 1. The molecule has 1 amide bonds. The third-order valence-electron chi connectivity index (χ3n) is 3.05. The highest BCUT2D eigenvalue weighted by molar-refractivity contribution is 5.95. The molecule has 0 aliphatic carbocycles. The average molecular weight is 289 g/mol. The summed E-state index contributed by atoms with van der Waals surface area (Å²) in [5, 5.41) is 13.5. The molecule has 1 atom stereocenters. The summed E-state index contributed by atoms with van der Waals surface area (Å²) in [6, 6.07) is 3.63. The molecule has 1 unspecified atom stereocenters. The van der Waals surface area contributed by atoms with Gasteiger partial charge in [-0.15, -0.1) is 0 Å². The Morgan fingerprint density at radius 1 is 1.57 bits per heavy atom. The van der Waals surface area contributed by atoms with Gasteiger partial charge in [-0.1, -0.05) is 6.92 Å². The Kier molecular flexibility index (Phi) is 4.17. The SMILES string of the molecule is CCC(NC(=O)c1ccc([N+](=O)[O-])c(N)c1)c1ncc[nH]1. The van der Waals surface area contributed by atoms with Gasteiger partial charge >= 0.3 is 0 Å². The molecule has 0 radical (unpaired) electrons. The molecular formula is C13H15N5O3. The Labute approximate surface area is 120 Å². The van der Waals surface area contributed by atoms with Crippen LogP contribution < -0.4 is 11.1 Å². The molecule has 0 aliphatic rings. The number of anilines is 1. The van der Waals surface area contributed by atoms with Crippen LogP contribution in [-0.2, 0) is 0 Å². The first-order valence-electron chi connectivity index (χ1n) is 6.37. The zero-order chi connectivity index (χ0) is 15.4. The molecule has 1 heterocycles. The van der Waals surface area contributed by atoms with Crippen molar-refractivity contribution in [3.8, 4) is 0 Å². The Bertz CT molecular complexity index is 654. The van der Waals surface area contributed by atoms with Gasteiger partial charge in [-0.2, -0.15) is 0 Å². The molecule has 8 nitrogen and oxygen atoms in total. The molecule has 0 saturated heterocycles. The molecule has 0 spiro atoms. The highest BCUT2D eigenvalue weighted by atomic mass is 16.6. The Morgan fingerprint density at radius 3 is 2.86 bits per heavy atom. The number of aromatic amines is 1. The van der Waals surface area contributed by atoms with E-state index in [1.54, 1.807) is 12.4 Å². The second-order valence-electron chi connectivity index (χ2n) is 4.44. The van der Waals surface area contributed by atoms with Crippen molar-refractivity contribution < 1.29 is 9.72 Å². The van der Waals surface area contributed by atoms with Gasteiger partial charge < -0.3 is 16.0 Å². The number of nitrogens with two attached hydrogens (primary N) is 1. The number of hydrogen-bond donors (Lipinski definition) is 3. The van der Waals surface area contributed by atoms with E-state index in [1.807, 2.05) is 6.92 Å². The van der Waals surface area contributed by atoms with Crippen molar-refractivity contribution in [1.29, 1.82) is 0 Å². The number of hydrogen-bond acceptors (Lipinski definition) is 5. The van der Waals surface area contributed by atoms with E-state index in [2.05, 4.69) is 15.3 Å².